The van der Waals surface area contributed by atoms with Crippen LogP contribution in [0.3, 0.4) is 0 Å². The van der Waals surface area contributed by atoms with Crippen molar-refractivity contribution in [2.24, 2.45) is 0 Å². The van der Waals surface area contributed by atoms with Crippen LogP contribution >= 0.6 is 0 Å². The molecule has 1 heterocycles. The highest BCUT2D eigenvalue weighted by Gasteiger charge is 2.16. The van der Waals surface area contributed by atoms with Gasteiger partial charge in [0.15, 0.2) is 0 Å². The molecule has 1 fully saturated rings. The zero-order chi connectivity index (χ0) is 16.8. The highest BCUT2D eigenvalue weighted by atomic mass is 16.5. The van der Waals surface area contributed by atoms with Gasteiger partial charge in [0, 0.05) is 25.8 Å². The second kappa shape index (κ2) is 8.58. The van der Waals surface area contributed by atoms with E-state index >= 15 is 0 Å². The zero-order valence-corrected chi connectivity index (χ0v) is 14.3. The van der Waals surface area contributed by atoms with Crippen LogP contribution < -0.4 is 5.32 Å². The minimum Gasteiger partial charge on any atom is -0.389 e. The first-order chi connectivity index (χ1) is 11.7. The lowest BCUT2D eigenvalue weighted by atomic mass is 9.99. The van der Waals surface area contributed by atoms with Crippen LogP contribution in [0.5, 0.6) is 0 Å². The summed E-state index contributed by atoms with van der Waals surface area (Å²) in [7, 11) is 0. The van der Waals surface area contributed by atoms with Gasteiger partial charge in [-0.25, -0.2) is 0 Å². The fraction of sp³-hybridized carbons (Fsp3) is 0.500. The molecule has 0 spiro atoms. The van der Waals surface area contributed by atoms with E-state index < -0.39 is 6.10 Å². The molecule has 0 aliphatic carbocycles. The smallest absolute Gasteiger partial charge is 0.0898 e. The van der Waals surface area contributed by atoms with Gasteiger partial charge in [0.25, 0.3) is 0 Å². The highest BCUT2D eigenvalue weighted by molar-refractivity contribution is 5.86. The monoisotopic (exact) mass is 329 g/mol. The van der Waals surface area contributed by atoms with Crippen LogP contribution in [0.15, 0.2) is 42.5 Å². The van der Waals surface area contributed by atoms with E-state index in [1.807, 2.05) is 0 Å². The molecule has 2 unspecified atom stereocenters. The number of hydrogen-bond donors (Lipinski definition) is 2. The average molecular weight is 329 g/mol. The minimum absolute atomic E-state index is 0.175. The predicted octanol–water partition coefficient (Wildman–Crippen LogP) is 3.05. The molecule has 130 valence electrons. The van der Waals surface area contributed by atoms with E-state index in [2.05, 4.69) is 54.7 Å². The fourth-order valence-electron chi connectivity index (χ4n) is 3.20. The fourth-order valence-corrected chi connectivity index (χ4v) is 3.20. The van der Waals surface area contributed by atoms with Crippen LogP contribution in [0.25, 0.3) is 10.8 Å². The normalized spacial score (nSPS) is 18.6. The Hall–Kier alpha value is -1.46. The molecule has 1 aliphatic rings. The lowest BCUT2D eigenvalue weighted by Gasteiger charge is -2.24. The molecule has 4 heteroatoms. The third kappa shape index (κ3) is 4.54. The van der Waals surface area contributed by atoms with Gasteiger partial charge in [-0.1, -0.05) is 42.5 Å². The van der Waals surface area contributed by atoms with Gasteiger partial charge in [-0.3, -0.25) is 0 Å². The molecule has 0 amide bonds. The summed E-state index contributed by atoms with van der Waals surface area (Å²) in [5, 5.41) is 16.1. The largest absolute Gasteiger partial charge is 0.389 e. The van der Waals surface area contributed by atoms with Gasteiger partial charge >= 0.3 is 0 Å². The van der Waals surface area contributed by atoms with Crippen molar-refractivity contribution in [2.75, 3.05) is 26.4 Å². The van der Waals surface area contributed by atoms with E-state index in [1.54, 1.807) is 0 Å². The number of hydrogen-bond acceptors (Lipinski definition) is 4. The van der Waals surface area contributed by atoms with Gasteiger partial charge < -0.3 is 19.9 Å². The summed E-state index contributed by atoms with van der Waals surface area (Å²) in [6.07, 6.45) is 1.58. The maximum Gasteiger partial charge on any atom is 0.0898 e. The van der Waals surface area contributed by atoms with E-state index in [-0.39, 0.29) is 12.1 Å². The molecule has 1 saturated heterocycles. The molecule has 2 aromatic rings. The predicted molar refractivity (Wildman–Crippen MR) is 96.2 cm³/mol. The second-order valence-corrected chi connectivity index (χ2v) is 6.50. The van der Waals surface area contributed by atoms with E-state index in [0.717, 1.165) is 26.1 Å². The number of fused-ring (bicyclic) bond motifs is 1. The topological polar surface area (TPSA) is 50.7 Å². The highest BCUT2D eigenvalue weighted by Crippen LogP contribution is 2.24. The Morgan fingerprint density at radius 1 is 1.17 bits per heavy atom. The number of ether oxygens (including phenoxy) is 2. The third-order valence-electron chi connectivity index (χ3n) is 4.64. The molecule has 0 aromatic heterocycles. The summed E-state index contributed by atoms with van der Waals surface area (Å²) >= 11 is 0. The molecule has 0 bridgehead atoms. The molecule has 2 N–H and O–H groups in total. The summed E-state index contributed by atoms with van der Waals surface area (Å²) in [6.45, 7) is 4.55. The quantitative estimate of drug-likeness (QED) is 0.820. The molecule has 1 aliphatic heterocycles. The van der Waals surface area contributed by atoms with Crippen molar-refractivity contribution in [2.45, 2.75) is 38.0 Å². The summed E-state index contributed by atoms with van der Waals surface area (Å²) in [5.41, 5.74) is 1.26. The van der Waals surface area contributed by atoms with Gasteiger partial charge in [-0.05, 0) is 36.1 Å². The molecular weight excluding hydrogens is 302 g/mol. The SMILES string of the molecule is CC(NCC(O)COC1CCOCC1)c1cccc2ccccc12. The first kappa shape index (κ1) is 17.4. The summed E-state index contributed by atoms with van der Waals surface area (Å²) < 4.78 is 11.1. The second-order valence-electron chi connectivity index (χ2n) is 6.50. The molecule has 4 nitrogen and oxygen atoms in total. The molecule has 0 radical (unpaired) electrons. The van der Waals surface area contributed by atoms with Gasteiger partial charge in [-0.2, -0.15) is 0 Å². The van der Waals surface area contributed by atoms with E-state index in [4.69, 9.17) is 9.47 Å². The van der Waals surface area contributed by atoms with Gasteiger partial charge in [0.2, 0.25) is 0 Å². The summed E-state index contributed by atoms with van der Waals surface area (Å²) in [5.74, 6) is 0. The van der Waals surface area contributed by atoms with Gasteiger partial charge in [0.05, 0.1) is 18.8 Å². The van der Waals surface area contributed by atoms with Crippen LogP contribution in [-0.4, -0.2) is 43.7 Å². The number of rotatable bonds is 7. The van der Waals surface area contributed by atoms with Crippen LogP contribution in [0, 0.1) is 0 Å². The Balaban J connectivity index is 1.50. The Morgan fingerprint density at radius 2 is 1.92 bits per heavy atom. The lowest BCUT2D eigenvalue weighted by Crippen LogP contribution is -2.34. The van der Waals surface area contributed by atoms with Crippen LogP contribution in [0.1, 0.15) is 31.4 Å². The maximum atomic E-state index is 10.2. The van der Waals surface area contributed by atoms with Crippen molar-refractivity contribution >= 4 is 10.8 Å². The number of aliphatic hydroxyl groups excluding tert-OH is 1. The first-order valence-corrected chi connectivity index (χ1v) is 8.82. The number of benzene rings is 2. The van der Waals surface area contributed by atoms with Crippen molar-refractivity contribution < 1.29 is 14.6 Å². The summed E-state index contributed by atoms with van der Waals surface area (Å²) in [6, 6.07) is 14.9. The van der Waals surface area contributed by atoms with Crippen LogP contribution in [0.4, 0.5) is 0 Å². The Labute approximate surface area is 143 Å². The molecule has 3 rings (SSSR count). The van der Waals surface area contributed by atoms with Crippen molar-refractivity contribution in [1.82, 2.24) is 5.32 Å². The van der Waals surface area contributed by atoms with Gasteiger partial charge in [0.1, 0.15) is 0 Å². The van der Waals surface area contributed by atoms with Gasteiger partial charge in [-0.15, -0.1) is 0 Å². The summed E-state index contributed by atoms with van der Waals surface area (Å²) in [4.78, 5) is 0. The Kier molecular flexibility index (Phi) is 6.21. The maximum absolute atomic E-state index is 10.2. The number of aliphatic hydroxyl groups is 1. The van der Waals surface area contributed by atoms with Crippen LogP contribution in [0.2, 0.25) is 0 Å². The van der Waals surface area contributed by atoms with Crippen molar-refractivity contribution in [3.8, 4) is 0 Å². The average Bonchev–Trinajstić information content (AvgIpc) is 2.64. The third-order valence-corrected chi connectivity index (χ3v) is 4.64. The van der Waals surface area contributed by atoms with Crippen molar-refractivity contribution in [3.05, 3.63) is 48.0 Å². The lowest BCUT2D eigenvalue weighted by molar-refractivity contribution is -0.0588. The molecule has 2 atom stereocenters. The van der Waals surface area contributed by atoms with E-state index in [9.17, 15) is 5.11 Å². The number of nitrogens with one attached hydrogen (secondary N) is 1. The van der Waals surface area contributed by atoms with E-state index in [0.29, 0.717) is 13.2 Å². The first-order valence-electron chi connectivity index (χ1n) is 8.82. The van der Waals surface area contributed by atoms with E-state index in [1.165, 1.54) is 16.3 Å². The Bertz CT molecular complexity index is 634. The molecule has 24 heavy (non-hydrogen) atoms. The molecule has 2 aromatic carbocycles. The van der Waals surface area contributed by atoms with Crippen molar-refractivity contribution in [3.63, 3.8) is 0 Å². The zero-order valence-electron chi connectivity index (χ0n) is 14.3. The molecule has 0 saturated carbocycles. The standard InChI is InChI=1S/C20H27NO3/c1-15(19-8-4-6-16-5-2-3-7-20(16)19)21-13-17(22)14-24-18-9-11-23-12-10-18/h2-8,15,17-18,21-22H,9-14H2,1H3. The van der Waals surface area contributed by atoms with Crippen LogP contribution in [-0.2, 0) is 9.47 Å². The minimum atomic E-state index is -0.495. The van der Waals surface area contributed by atoms with Crippen molar-refractivity contribution in [1.29, 1.82) is 0 Å². The molecular formula is C20H27NO3. The Morgan fingerprint density at radius 3 is 2.75 bits per heavy atom.